The first-order chi connectivity index (χ1) is 13.2. The van der Waals surface area contributed by atoms with E-state index in [1.54, 1.807) is 32.2 Å². The van der Waals surface area contributed by atoms with Gasteiger partial charge in [0.2, 0.25) is 5.43 Å². The van der Waals surface area contributed by atoms with Crippen molar-refractivity contribution in [3.8, 4) is 5.75 Å². The van der Waals surface area contributed by atoms with Crippen molar-refractivity contribution in [2.24, 2.45) is 0 Å². The van der Waals surface area contributed by atoms with Gasteiger partial charge in [-0.2, -0.15) is 0 Å². The summed E-state index contributed by atoms with van der Waals surface area (Å²) in [6, 6.07) is 6.13. The van der Waals surface area contributed by atoms with E-state index in [1.807, 2.05) is 0 Å². The van der Waals surface area contributed by atoms with Crippen molar-refractivity contribution in [2.75, 3.05) is 20.1 Å². The third-order valence-electron chi connectivity index (χ3n) is 4.77. The third-order valence-corrected chi connectivity index (χ3v) is 5.51. The normalized spacial score (nSPS) is 13.4. The number of carbonyl (C=O) groups excluding carboxylic acids is 2. The van der Waals surface area contributed by atoms with Gasteiger partial charge < -0.3 is 19.5 Å². The first kappa shape index (κ1) is 20.2. The molecule has 0 saturated heterocycles. The minimum absolute atomic E-state index is 0.0877. The Morgan fingerprint density at radius 2 is 1.89 bits per heavy atom. The number of hydrogen-bond acceptors (Lipinski definition) is 4. The molecule has 0 bridgehead atoms. The Hall–Kier alpha value is -2.51. The number of pyridine rings is 1. The lowest BCUT2D eigenvalue weighted by Gasteiger charge is -2.32. The second-order valence-electron chi connectivity index (χ2n) is 6.54. The zero-order chi connectivity index (χ0) is 20.6. The van der Waals surface area contributed by atoms with Gasteiger partial charge in [-0.3, -0.25) is 14.4 Å². The molecule has 3 rings (SSSR count). The van der Waals surface area contributed by atoms with Crippen molar-refractivity contribution in [3.05, 3.63) is 61.5 Å². The third kappa shape index (κ3) is 3.59. The second kappa shape index (κ2) is 7.85. The largest absolute Gasteiger partial charge is 0.503 e. The Morgan fingerprint density at radius 3 is 2.54 bits per heavy atom. The summed E-state index contributed by atoms with van der Waals surface area (Å²) in [5, 5.41) is 11.0. The van der Waals surface area contributed by atoms with Crippen molar-refractivity contribution in [1.29, 1.82) is 0 Å². The minimum atomic E-state index is -0.760. The van der Waals surface area contributed by atoms with E-state index in [0.29, 0.717) is 23.1 Å². The molecule has 2 heterocycles. The van der Waals surface area contributed by atoms with Gasteiger partial charge in [-0.15, -0.1) is 0 Å². The van der Waals surface area contributed by atoms with E-state index >= 15 is 0 Å². The molecule has 0 unspecified atom stereocenters. The summed E-state index contributed by atoms with van der Waals surface area (Å²) in [6.45, 7) is 3.06. The highest BCUT2D eigenvalue weighted by atomic mass is 35.5. The Balaban J connectivity index is 1.99. The molecule has 1 aromatic heterocycles. The fourth-order valence-electron chi connectivity index (χ4n) is 3.08. The molecular formula is C19H19Cl2N3O4. The van der Waals surface area contributed by atoms with E-state index in [-0.39, 0.29) is 30.4 Å². The van der Waals surface area contributed by atoms with Gasteiger partial charge >= 0.3 is 0 Å². The second-order valence-corrected chi connectivity index (χ2v) is 7.35. The van der Waals surface area contributed by atoms with Crippen LogP contribution >= 0.6 is 23.2 Å². The van der Waals surface area contributed by atoms with E-state index in [0.717, 1.165) is 11.6 Å². The molecule has 1 aliphatic rings. The number of benzene rings is 1. The highest BCUT2D eigenvalue weighted by Gasteiger charge is 2.32. The molecule has 28 heavy (non-hydrogen) atoms. The maximum absolute atomic E-state index is 13.0. The molecule has 0 spiro atoms. The van der Waals surface area contributed by atoms with Crippen LogP contribution in [0.1, 0.15) is 33.5 Å². The number of aromatic nitrogens is 1. The number of fused-ring (bicyclic) bond motifs is 1. The van der Waals surface area contributed by atoms with Gasteiger partial charge in [-0.25, -0.2) is 0 Å². The Morgan fingerprint density at radius 1 is 1.18 bits per heavy atom. The van der Waals surface area contributed by atoms with Crippen LogP contribution in [0.3, 0.4) is 0 Å². The van der Waals surface area contributed by atoms with Crippen molar-refractivity contribution in [2.45, 2.75) is 20.0 Å². The highest BCUT2D eigenvalue weighted by Crippen LogP contribution is 2.26. The molecule has 0 aliphatic carbocycles. The molecule has 7 nitrogen and oxygen atoms in total. The summed E-state index contributed by atoms with van der Waals surface area (Å²) in [4.78, 5) is 40.7. The zero-order valence-electron chi connectivity index (χ0n) is 15.4. The lowest BCUT2D eigenvalue weighted by atomic mass is 10.1. The molecule has 9 heteroatoms. The summed E-state index contributed by atoms with van der Waals surface area (Å²) in [6.07, 6.45) is 0. The number of nitrogens with zero attached hydrogens (tertiary/aromatic N) is 3. The predicted octanol–water partition coefficient (Wildman–Crippen LogP) is 2.61. The Labute approximate surface area is 171 Å². The number of hydrogen-bond donors (Lipinski definition) is 1. The molecule has 1 N–H and O–H groups in total. The van der Waals surface area contributed by atoms with Gasteiger partial charge in [0.05, 0.1) is 10.0 Å². The SMILES string of the molecule is CCN(C)C(=O)c1cc(=O)c(O)c2n1CCN(Cc1ccc(Cl)c(Cl)c1)C2=O. The lowest BCUT2D eigenvalue weighted by Crippen LogP contribution is -2.43. The number of carbonyl (C=O) groups is 2. The van der Waals surface area contributed by atoms with Gasteiger partial charge in [0.1, 0.15) is 5.69 Å². The number of rotatable bonds is 4. The van der Waals surface area contributed by atoms with E-state index < -0.39 is 17.1 Å². The molecule has 1 aromatic carbocycles. The summed E-state index contributed by atoms with van der Waals surface area (Å²) in [7, 11) is 1.61. The molecule has 148 valence electrons. The first-order valence-corrected chi connectivity index (χ1v) is 9.45. The monoisotopic (exact) mass is 423 g/mol. The van der Waals surface area contributed by atoms with Gasteiger partial charge in [-0.05, 0) is 24.6 Å². The lowest BCUT2D eigenvalue weighted by molar-refractivity contribution is 0.0674. The molecule has 0 radical (unpaired) electrons. The number of amides is 2. The van der Waals surface area contributed by atoms with E-state index in [9.17, 15) is 19.5 Å². The summed E-state index contributed by atoms with van der Waals surface area (Å²) >= 11 is 12.0. The maximum atomic E-state index is 13.0. The number of aromatic hydroxyl groups is 1. The van der Waals surface area contributed by atoms with Crippen LogP contribution in [0.25, 0.3) is 0 Å². The van der Waals surface area contributed by atoms with Crippen molar-refractivity contribution < 1.29 is 14.7 Å². The summed E-state index contributed by atoms with van der Waals surface area (Å²) in [5.41, 5.74) is -0.0869. The Kier molecular flexibility index (Phi) is 5.67. The maximum Gasteiger partial charge on any atom is 0.274 e. The van der Waals surface area contributed by atoms with Gasteiger partial charge in [-0.1, -0.05) is 29.3 Å². The van der Waals surface area contributed by atoms with Gasteiger partial charge in [0, 0.05) is 39.3 Å². The molecule has 0 fully saturated rings. The van der Waals surface area contributed by atoms with Crippen LogP contribution in [-0.4, -0.2) is 51.4 Å². The fourth-order valence-corrected chi connectivity index (χ4v) is 3.40. The predicted molar refractivity (Wildman–Crippen MR) is 106 cm³/mol. The summed E-state index contributed by atoms with van der Waals surface area (Å²) in [5.74, 6) is -1.56. The average molecular weight is 424 g/mol. The van der Waals surface area contributed by atoms with Crippen molar-refractivity contribution >= 4 is 35.0 Å². The van der Waals surface area contributed by atoms with Crippen LogP contribution in [0.5, 0.6) is 5.75 Å². The van der Waals surface area contributed by atoms with Crippen LogP contribution in [0.15, 0.2) is 29.1 Å². The fraction of sp³-hybridized carbons (Fsp3) is 0.316. The quantitative estimate of drug-likeness (QED) is 0.818. The van der Waals surface area contributed by atoms with Gasteiger partial charge in [0.15, 0.2) is 11.4 Å². The van der Waals surface area contributed by atoms with Crippen molar-refractivity contribution in [1.82, 2.24) is 14.4 Å². The zero-order valence-corrected chi connectivity index (χ0v) is 16.9. The van der Waals surface area contributed by atoms with Crippen LogP contribution in [0.4, 0.5) is 0 Å². The highest BCUT2D eigenvalue weighted by molar-refractivity contribution is 6.42. The molecule has 0 atom stereocenters. The smallest absolute Gasteiger partial charge is 0.274 e. The molecule has 2 aromatic rings. The molecule has 2 amide bonds. The average Bonchev–Trinajstić information content (AvgIpc) is 2.68. The van der Waals surface area contributed by atoms with E-state index in [2.05, 4.69) is 0 Å². The minimum Gasteiger partial charge on any atom is -0.503 e. The van der Waals surface area contributed by atoms with Crippen LogP contribution in [-0.2, 0) is 13.1 Å². The number of halogens is 2. The first-order valence-electron chi connectivity index (χ1n) is 8.70. The van der Waals surface area contributed by atoms with Crippen LogP contribution < -0.4 is 5.43 Å². The van der Waals surface area contributed by atoms with Crippen LogP contribution in [0, 0.1) is 0 Å². The standard InChI is InChI=1S/C19H19Cl2N3O4/c1-3-22(2)18(27)14-9-15(25)17(26)16-19(28)23(6-7-24(14)16)10-11-4-5-12(20)13(21)8-11/h4-5,8-9,26H,3,6-7,10H2,1-2H3. The topological polar surface area (TPSA) is 82.8 Å². The summed E-state index contributed by atoms with van der Waals surface area (Å²) < 4.78 is 1.42. The molecular weight excluding hydrogens is 405 g/mol. The van der Waals surface area contributed by atoms with Crippen LogP contribution in [0.2, 0.25) is 10.0 Å². The molecule has 1 aliphatic heterocycles. The van der Waals surface area contributed by atoms with Crippen molar-refractivity contribution in [3.63, 3.8) is 0 Å². The van der Waals surface area contributed by atoms with Gasteiger partial charge in [0.25, 0.3) is 11.8 Å². The Bertz CT molecular complexity index is 1020. The molecule has 0 saturated carbocycles. The van der Waals surface area contributed by atoms with E-state index in [4.69, 9.17) is 23.2 Å². The van der Waals surface area contributed by atoms with E-state index in [1.165, 1.54) is 14.4 Å².